The largest absolute Gasteiger partial charge is 0.493 e. The first-order valence-electron chi connectivity index (χ1n) is 6.90. The maximum atomic E-state index is 6.16. The van der Waals surface area contributed by atoms with Crippen LogP contribution in [-0.4, -0.2) is 17.1 Å². The minimum absolute atomic E-state index is 0.425. The highest BCUT2D eigenvalue weighted by Crippen LogP contribution is 2.34. The highest BCUT2D eigenvalue weighted by Gasteiger charge is 2.13. The van der Waals surface area contributed by atoms with E-state index >= 15 is 0 Å². The second-order valence-corrected chi connectivity index (χ2v) is 5.23. The van der Waals surface area contributed by atoms with E-state index in [0.717, 1.165) is 24.0 Å². The molecule has 0 N–H and O–H groups in total. The monoisotopic (exact) mass is 306 g/mol. The van der Waals surface area contributed by atoms with Crippen LogP contribution < -0.4 is 9.47 Å². The summed E-state index contributed by atoms with van der Waals surface area (Å²) >= 11 is 6.16. The standard InChI is InChI=1S/C16H19ClN2O2/c1-5-6-14-18-15(17)11(3)16(19-14)21-12-8-7-10(2)9-13(12)20-4/h7-9H,5-6H2,1-4H3. The predicted molar refractivity (Wildman–Crippen MR) is 83.6 cm³/mol. The van der Waals surface area contributed by atoms with Crippen LogP contribution >= 0.6 is 11.6 Å². The highest BCUT2D eigenvalue weighted by molar-refractivity contribution is 6.30. The van der Waals surface area contributed by atoms with E-state index in [0.29, 0.717) is 28.4 Å². The molecule has 112 valence electrons. The van der Waals surface area contributed by atoms with Gasteiger partial charge in [0, 0.05) is 12.0 Å². The van der Waals surface area contributed by atoms with Crippen molar-refractivity contribution < 1.29 is 9.47 Å². The molecule has 0 bridgehead atoms. The van der Waals surface area contributed by atoms with Crippen LogP contribution in [0.25, 0.3) is 0 Å². The van der Waals surface area contributed by atoms with Crippen LogP contribution in [0.2, 0.25) is 5.15 Å². The molecule has 0 saturated heterocycles. The van der Waals surface area contributed by atoms with Crippen molar-refractivity contribution in [2.45, 2.75) is 33.6 Å². The number of benzene rings is 1. The molecule has 0 fully saturated rings. The number of nitrogens with zero attached hydrogens (tertiary/aromatic N) is 2. The number of hydrogen-bond acceptors (Lipinski definition) is 4. The summed E-state index contributed by atoms with van der Waals surface area (Å²) < 4.78 is 11.2. The summed E-state index contributed by atoms with van der Waals surface area (Å²) in [5.41, 5.74) is 1.82. The Labute approximate surface area is 130 Å². The van der Waals surface area contributed by atoms with Gasteiger partial charge in [-0.1, -0.05) is 24.6 Å². The number of aryl methyl sites for hydroxylation is 2. The molecule has 1 aromatic carbocycles. The van der Waals surface area contributed by atoms with E-state index in [9.17, 15) is 0 Å². The van der Waals surface area contributed by atoms with Crippen LogP contribution in [0.1, 0.15) is 30.3 Å². The summed E-state index contributed by atoms with van der Waals surface area (Å²) in [6.07, 6.45) is 1.72. The number of hydrogen-bond donors (Lipinski definition) is 0. The van der Waals surface area contributed by atoms with E-state index in [2.05, 4.69) is 16.9 Å². The third kappa shape index (κ3) is 3.64. The molecule has 21 heavy (non-hydrogen) atoms. The lowest BCUT2D eigenvalue weighted by Gasteiger charge is -2.13. The zero-order valence-corrected chi connectivity index (χ0v) is 13.5. The quantitative estimate of drug-likeness (QED) is 0.763. The molecule has 0 aliphatic heterocycles. The third-order valence-electron chi connectivity index (χ3n) is 3.09. The van der Waals surface area contributed by atoms with E-state index in [-0.39, 0.29) is 0 Å². The van der Waals surface area contributed by atoms with Crippen LogP contribution in [0.5, 0.6) is 17.4 Å². The fourth-order valence-electron chi connectivity index (χ4n) is 1.91. The van der Waals surface area contributed by atoms with Crippen molar-refractivity contribution in [1.29, 1.82) is 0 Å². The molecule has 0 aliphatic rings. The molecule has 1 heterocycles. The molecule has 2 aromatic rings. The normalized spacial score (nSPS) is 10.5. The van der Waals surface area contributed by atoms with Crippen LogP contribution in [-0.2, 0) is 6.42 Å². The molecular formula is C16H19ClN2O2. The molecule has 0 atom stereocenters. The van der Waals surface area contributed by atoms with E-state index < -0.39 is 0 Å². The number of halogens is 1. The third-order valence-corrected chi connectivity index (χ3v) is 3.46. The SMILES string of the molecule is CCCc1nc(Cl)c(C)c(Oc2ccc(C)cc2OC)n1. The Bertz CT molecular complexity index is 644. The first-order valence-corrected chi connectivity index (χ1v) is 7.28. The van der Waals surface area contributed by atoms with Gasteiger partial charge >= 0.3 is 0 Å². The summed E-state index contributed by atoms with van der Waals surface area (Å²) in [4.78, 5) is 8.71. The summed E-state index contributed by atoms with van der Waals surface area (Å²) in [6, 6.07) is 5.74. The Morgan fingerprint density at radius 3 is 2.57 bits per heavy atom. The van der Waals surface area contributed by atoms with Gasteiger partial charge in [0.25, 0.3) is 0 Å². The Morgan fingerprint density at radius 2 is 1.90 bits per heavy atom. The minimum Gasteiger partial charge on any atom is -0.493 e. The number of ether oxygens (including phenoxy) is 2. The lowest BCUT2D eigenvalue weighted by molar-refractivity contribution is 0.372. The molecule has 0 unspecified atom stereocenters. The smallest absolute Gasteiger partial charge is 0.227 e. The van der Waals surface area contributed by atoms with Gasteiger partial charge in [-0.05, 0) is 38.0 Å². The lowest BCUT2D eigenvalue weighted by Crippen LogP contribution is -2.01. The fraction of sp³-hybridized carbons (Fsp3) is 0.375. The second-order valence-electron chi connectivity index (χ2n) is 4.87. The summed E-state index contributed by atoms with van der Waals surface area (Å²) in [5.74, 6) is 2.44. The molecule has 4 nitrogen and oxygen atoms in total. The molecule has 0 radical (unpaired) electrons. The second kappa shape index (κ2) is 6.76. The van der Waals surface area contributed by atoms with Crippen molar-refractivity contribution in [1.82, 2.24) is 9.97 Å². The highest BCUT2D eigenvalue weighted by atomic mass is 35.5. The Morgan fingerprint density at radius 1 is 1.14 bits per heavy atom. The van der Waals surface area contributed by atoms with Crippen LogP contribution in [0.4, 0.5) is 0 Å². The van der Waals surface area contributed by atoms with Gasteiger partial charge in [-0.3, -0.25) is 0 Å². The molecule has 0 aliphatic carbocycles. The summed E-state index contributed by atoms with van der Waals surface area (Å²) in [5, 5.41) is 0.425. The first-order chi connectivity index (χ1) is 10.0. The molecule has 2 rings (SSSR count). The molecule has 5 heteroatoms. The summed E-state index contributed by atoms with van der Waals surface area (Å²) in [6.45, 7) is 5.91. The number of rotatable bonds is 5. The zero-order valence-electron chi connectivity index (χ0n) is 12.7. The van der Waals surface area contributed by atoms with Crippen molar-refractivity contribution in [2.75, 3.05) is 7.11 Å². The van der Waals surface area contributed by atoms with E-state index in [4.69, 9.17) is 21.1 Å². The van der Waals surface area contributed by atoms with Crippen molar-refractivity contribution in [3.05, 3.63) is 40.3 Å². The van der Waals surface area contributed by atoms with Gasteiger partial charge in [-0.25, -0.2) is 4.98 Å². The van der Waals surface area contributed by atoms with Crippen LogP contribution in [0, 0.1) is 13.8 Å². The average molecular weight is 307 g/mol. The van der Waals surface area contributed by atoms with Gasteiger partial charge in [0.15, 0.2) is 11.5 Å². The summed E-state index contributed by atoms with van der Waals surface area (Å²) in [7, 11) is 1.62. The van der Waals surface area contributed by atoms with Crippen molar-refractivity contribution in [3.63, 3.8) is 0 Å². The van der Waals surface area contributed by atoms with Gasteiger partial charge in [0.1, 0.15) is 11.0 Å². The maximum Gasteiger partial charge on any atom is 0.227 e. The van der Waals surface area contributed by atoms with E-state index in [1.807, 2.05) is 32.0 Å². The maximum absolute atomic E-state index is 6.16. The van der Waals surface area contributed by atoms with E-state index in [1.54, 1.807) is 7.11 Å². The zero-order chi connectivity index (χ0) is 15.4. The predicted octanol–water partition coefficient (Wildman–Crippen LogP) is 4.50. The van der Waals surface area contributed by atoms with Gasteiger partial charge in [-0.2, -0.15) is 4.98 Å². The topological polar surface area (TPSA) is 44.2 Å². The Hall–Kier alpha value is -1.81. The van der Waals surface area contributed by atoms with Gasteiger partial charge < -0.3 is 9.47 Å². The molecule has 0 spiro atoms. The van der Waals surface area contributed by atoms with Gasteiger partial charge in [0.2, 0.25) is 5.88 Å². The molecular weight excluding hydrogens is 288 g/mol. The van der Waals surface area contributed by atoms with Crippen LogP contribution in [0.3, 0.4) is 0 Å². The lowest BCUT2D eigenvalue weighted by atomic mass is 10.2. The molecule has 0 saturated carbocycles. The minimum atomic E-state index is 0.425. The van der Waals surface area contributed by atoms with Gasteiger partial charge in [0.05, 0.1) is 7.11 Å². The first kappa shape index (κ1) is 15.6. The van der Waals surface area contributed by atoms with Crippen molar-refractivity contribution in [2.24, 2.45) is 0 Å². The number of methoxy groups -OCH3 is 1. The van der Waals surface area contributed by atoms with Crippen molar-refractivity contribution in [3.8, 4) is 17.4 Å². The molecule has 0 amide bonds. The number of aromatic nitrogens is 2. The Balaban J connectivity index is 2.39. The van der Waals surface area contributed by atoms with Gasteiger partial charge in [-0.15, -0.1) is 0 Å². The fourth-order valence-corrected chi connectivity index (χ4v) is 2.09. The Kier molecular flexibility index (Phi) is 5.02. The average Bonchev–Trinajstić information content (AvgIpc) is 2.46. The van der Waals surface area contributed by atoms with Crippen LogP contribution in [0.15, 0.2) is 18.2 Å². The van der Waals surface area contributed by atoms with Crippen molar-refractivity contribution >= 4 is 11.6 Å². The van der Waals surface area contributed by atoms with E-state index in [1.165, 1.54) is 0 Å². The molecule has 1 aromatic heterocycles.